The number of amides is 1. The topological polar surface area (TPSA) is 66.5 Å². The third-order valence-electron chi connectivity index (χ3n) is 6.08. The van der Waals surface area contributed by atoms with Crippen molar-refractivity contribution < 1.29 is 13.2 Å². The Kier molecular flexibility index (Phi) is 5.58. The Labute approximate surface area is 177 Å². The number of hydrogen-bond donors (Lipinski definition) is 1. The first-order chi connectivity index (χ1) is 13.8. The van der Waals surface area contributed by atoms with Crippen molar-refractivity contribution in [2.45, 2.75) is 43.5 Å². The summed E-state index contributed by atoms with van der Waals surface area (Å²) in [6.45, 7) is 1.62. The van der Waals surface area contributed by atoms with Gasteiger partial charge in [0.1, 0.15) is 6.54 Å². The standard InChI is InChI=1S/C22H25ClN2O3S/c1-15-5-9-20(10-6-15)29(27,28)25(19-4-2-3-18(23)13-19)14-22(26)24-21-12-16-7-8-17(21)11-16/h2-6,9-10,13,16-17,21H,7-8,11-12,14H2,1H3,(H,24,26). The number of nitrogens with one attached hydrogen (secondary N) is 1. The van der Waals surface area contributed by atoms with Crippen LogP contribution in [0.4, 0.5) is 5.69 Å². The van der Waals surface area contributed by atoms with Crippen molar-refractivity contribution in [2.75, 3.05) is 10.8 Å². The second-order valence-electron chi connectivity index (χ2n) is 8.15. The largest absolute Gasteiger partial charge is 0.352 e. The Morgan fingerprint density at radius 1 is 1.14 bits per heavy atom. The maximum atomic E-state index is 13.4. The van der Waals surface area contributed by atoms with E-state index in [9.17, 15) is 13.2 Å². The summed E-state index contributed by atoms with van der Waals surface area (Å²) < 4.78 is 27.9. The molecule has 2 aliphatic carbocycles. The molecule has 2 fully saturated rings. The van der Waals surface area contributed by atoms with Crippen molar-refractivity contribution in [2.24, 2.45) is 11.8 Å². The highest BCUT2D eigenvalue weighted by Gasteiger charge is 2.40. The molecule has 2 aliphatic rings. The summed E-state index contributed by atoms with van der Waals surface area (Å²) in [7, 11) is -3.91. The monoisotopic (exact) mass is 432 g/mol. The maximum absolute atomic E-state index is 13.4. The number of halogens is 1. The van der Waals surface area contributed by atoms with Gasteiger partial charge < -0.3 is 5.32 Å². The molecule has 0 radical (unpaired) electrons. The molecule has 2 bridgehead atoms. The van der Waals surface area contributed by atoms with E-state index in [1.807, 2.05) is 6.92 Å². The minimum atomic E-state index is -3.91. The molecule has 154 valence electrons. The molecule has 3 unspecified atom stereocenters. The Morgan fingerprint density at radius 2 is 1.90 bits per heavy atom. The molecule has 29 heavy (non-hydrogen) atoms. The number of rotatable bonds is 6. The maximum Gasteiger partial charge on any atom is 0.264 e. The van der Waals surface area contributed by atoms with Gasteiger partial charge in [-0.3, -0.25) is 9.10 Å². The number of carbonyl (C=O) groups excluding carboxylic acids is 1. The lowest BCUT2D eigenvalue weighted by atomic mass is 9.95. The van der Waals surface area contributed by atoms with Crippen molar-refractivity contribution in [3.05, 3.63) is 59.1 Å². The zero-order valence-corrected chi connectivity index (χ0v) is 17.9. The van der Waals surface area contributed by atoms with Crippen LogP contribution in [0.1, 0.15) is 31.2 Å². The summed E-state index contributed by atoms with van der Waals surface area (Å²) in [5.41, 5.74) is 1.34. The predicted octanol–water partition coefficient (Wildman–Crippen LogP) is 4.15. The highest BCUT2D eigenvalue weighted by atomic mass is 35.5. The van der Waals surface area contributed by atoms with Crippen LogP contribution in [-0.4, -0.2) is 26.9 Å². The molecular formula is C22H25ClN2O3S. The van der Waals surface area contributed by atoms with Gasteiger partial charge in [0.2, 0.25) is 5.91 Å². The summed E-state index contributed by atoms with van der Waals surface area (Å²) >= 11 is 6.10. The summed E-state index contributed by atoms with van der Waals surface area (Å²) in [6, 6.07) is 13.4. The molecule has 0 aliphatic heterocycles. The molecule has 7 heteroatoms. The third-order valence-corrected chi connectivity index (χ3v) is 8.10. The average Bonchev–Trinajstić information content (AvgIpc) is 3.29. The molecule has 0 spiro atoms. The van der Waals surface area contributed by atoms with E-state index in [1.165, 1.54) is 12.8 Å². The minimum absolute atomic E-state index is 0.149. The van der Waals surface area contributed by atoms with Crippen molar-refractivity contribution in [3.8, 4) is 0 Å². The first-order valence-corrected chi connectivity index (χ1v) is 11.8. The summed E-state index contributed by atoms with van der Waals surface area (Å²) in [5, 5.41) is 3.50. The van der Waals surface area contributed by atoms with Crippen LogP contribution in [0.25, 0.3) is 0 Å². The van der Waals surface area contributed by atoms with Gasteiger partial charge in [0.15, 0.2) is 0 Å². The van der Waals surface area contributed by atoms with Gasteiger partial charge in [-0.15, -0.1) is 0 Å². The van der Waals surface area contributed by atoms with Gasteiger partial charge in [-0.2, -0.15) is 0 Å². The van der Waals surface area contributed by atoms with E-state index in [-0.39, 0.29) is 23.4 Å². The molecule has 2 aromatic rings. The number of sulfonamides is 1. The average molecular weight is 433 g/mol. The van der Waals surface area contributed by atoms with Crippen LogP contribution >= 0.6 is 11.6 Å². The highest BCUT2D eigenvalue weighted by molar-refractivity contribution is 7.92. The molecule has 3 atom stereocenters. The van der Waals surface area contributed by atoms with Gasteiger partial charge in [0.05, 0.1) is 10.6 Å². The van der Waals surface area contributed by atoms with Crippen LogP contribution in [-0.2, 0) is 14.8 Å². The lowest BCUT2D eigenvalue weighted by molar-refractivity contribution is -0.120. The molecule has 0 saturated heterocycles. The SMILES string of the molecule is Cc1ccc(S(=O)(=O)N(CC(=O)NC2CC3CCC2C3)c2cccc(Cl)c2)cc1. The second kappa shape index (κ2) is 8.00. The number of aryl methyl sites for hydroxylation is 1. The quantitative estimate of drug-likeness (QED) is 0.745. The third kappa shape index (κ3) is 4.28. The number of fused-ring (bicyclic) bond motifs is 2. The zero-order chi connectivity index (χ0) is 20.6. The number of benzene rings is 2. The van der Waals surface area contributed by atoms with E-state index >= 15 is 0 Å². The van der Waals surface area contributed by atoms with E-state index in [0.717, 1.165) is 22.7 Å². The van der Waals surface area contributed by atoms with Crippen molar-refractivity contribution >= 4 is 33.2 Å². The lowest BCUT2D eigenvalue weighted by Crippen LogP contribution is -2.46. The van der Waals surface area contributed by atoms with E-state index in [0.29, 0.717) is 22.5 Å². The summed E-state index contributed by atoms with van der Waals surface area (Å²) in [5.74, 6) is 0.945. The van der Waals surface area contributed by atoms with Crippen LogP contribution in [0.5, 0.6) is 0 Å². The lowest BCUT2D eigenvalue weighted by Gasteiger charge is -2.27. The van der Waals surface area contributed by atoms with Gasteiger partial charge >= 0.3 is 0 Å². The number of carbonyl (C=O) groups is 1. The van der Waals surface area contributed by atoms with E-state index in [2.05, 4.69) is 5.32 Å². The van der Waals surface area contributed by atoms with Crippen molar-refractivity contribution in [3.63, 3.8) is 0 Å². The molecule has 2 aromatic carbocycles. The molecule has 0 aromatic heterocycles. The predicted molar refractivity (Wildman–Crippen MR) is 115 cm³/mol. The van der Waals surface area contributed by atoms with E-state index in [1.54, 1.807) is 48.5 Å². The number of anilines is 1. The van der Waals surface area contributed by atoms with Gasteiger partial charge in [0, 0.05) is 11.1 Å². The van der Waals surface area contributed by atoms with E-state index < -0.39 is 10.0 Å². The van der Waals surface area contributed by atoms with Gasteiger partial charge in [-0.25, -0.2) is 8.42 Å². The molecule has 5 nitrogen and oxygen atoms in total. The zero-order valence-electron chi connectivity index (χ0n) is 16.3. The summed E-state index contributed by atoms with van der Waals surface area (Å²) in [4.78, 5) is 13.0. The fourth-order valence-electron chi connectivity index (χ4n) is 4.59. The van der Waals surface area contributed by atoms with Gasteiger partial charge in [-0.05, 0) is 68.4 Å². The van der Waals surface area contributed by atoms with Crippen LogP contribution < -0.4 is 9.62 Å². The fraction of sp³-hybridized carbons (Fsp3) is 0.409. The molecular weight excluding hydrogens is 408 g/mol. The Morgan fingerprint density at radius 3 is 2.52 bits per heavy atom. The Bertz CT molecular complexity index is 1010. The summed E-state index contributed by atoms with van der Waals surface area (Å²) in [6.07, 6.45) is 4.56. The number of hydrogen-bond acceptors (Lipinski definition) is 3. The van der Waals surface area contributed by atoms with Crippen molar-refractivity contribution in [1.82, 2.24) is 5.32 Å². The first-order valence-electron chi connectivity index (χ1n) is 9.97. The second-order valence-corrected chi connectivity index (χ2v) is 10.5. The molecule has 4 rings (SSSR count). The molecule has 0 heterocycles. The number of nitrogens with zero attached hydrogens (tertiary/aromatic N) is 1. The highest BCUT2D eigenvalue weighted by Crippen LogP contribution is 2.44. The fourth-order valence-corrected chi connectivity index (χ4v) is 6.19. The van der Waals surface area contributed by atoms with Crippen LogP contribution in [0.2, 0.25) is 5.02 Å². The van der Waals surface area contributed by atoms with E-state index in [4.69, 9.17) is 11.6 Å². The van der Waals surface area contributed by atoms with Gasteiger partial charge in [0.25, 0.3) is 10.0 Å². The molecule has 1 amide bonds. The van der Waals surface area contributed by atoms with Crippen LogP contribution in [0.3, 0.4) is 0 Å². The first kappa shape index (κ1) is 20.2. The Hall–Kier alpha value is -2.05. The van der Waals surface area contributed by atoms with Crippen LogP contribution in [0.15, 0.2) is 53.4 Å². The molecule has 1 N–H and O–H groups in total. The van der Waals surface area contributed by atoms with Gasteiger partial charge in [-0.1, -0.05) is 41.8 Å². The van der Waals surface area contributed by atoms with Crippen LogP contribution in [0, 0.1) is 18.8 Å². The normalized spacial score (nSPS) is 23.2. The smallest absolute Gasteiger partial charge is 0.264 e. The Balaban J connectivity index is 1.60. The molecule has 2 saturated carbocycles. The minimum Gasteiger partial charge on any atom is -0.352 e. The van der Waals surface area contributed by atoms with Crippen molar-refractivity contribution in [1.29, 1.82) is 0 Å².